The quantitative estimate of drug-likeness (QED) is 0.717. The molecule has 0 unspecified atom stereocenters. The van der Waals surface area contributed by atoms with Gasteiger partial charge in [0.15, 0.2) is 5.78 Å². The second-order valence-corrected chi connectivity index (χ2v) is 4.41. The number of Topliss-reactive ketones (excluding diaryl/α,β-unsaturated/α-hetero) is 1. The molecule has 1 aliphatic carbocycles. The van der Waals surface area contributed by atoms with Gasteiger partial charge in [-0.05, 0) is 24.3 Å². The Kier molecular flexibility index (Phi) is 2.90. The number of fused-ring (bicyclic) bond motifs is 1. The third kappa shape index (κ3) is 1.71. The number of benzene rings is 1. The minimum atomic E-state index is 0.255. The molecule has 80 valence electrons. The predicted molar refractivity (Wildman–Crippen MR) is 62.0 cm³/mol. The summed E-state index contributed by atoms with van der Waals surface area (Å²) in [6.45, 7) is 4.31. The Labute approximate surface area is 91.5 Å². The van der Waals surface area contributed by atoms with Crippen LogP contribution < -0.4 is 0 Å². The van der Waals surface area contributed by atoms with Crippen molar-refractivity contribution in [2.75, 3.05) is 0 Å². The van der Waals surface area contributed by atoms with Crippen LogP contribution in [-0.4, -0.2) is 5.78 Å². The predicted octanol–water partition coefficient (Wildman–Crippen LogP) is 3.48. The monoisotopic (exact) mass is 202 g/mol. The summed E-state index contributed by atoms with van der Waals surface area (Å²) in [6, 6.07) is 8.08. The van der Waals surface area contributed by atoms with Crippen molar-refractivity contribution in [3.63, 3.8) is 0 Å². The molecular formula is C14H18O. The minimum absolute atomic E-state index is 0.255. The van der Waals surface area contributed by atoms with Gasteiger partial charge in [-0.1, -0.05) is 44.5 Å². The van der Waals surface area contributed by atoms with E-state index in [0.717, 1.165) is 24.8 Å². The Morgan fingerprint density at radius 2 is 1.93 bits per heavy atom. The zero-order valence-electron chi connectivity index (χ0n) is 9.49. The SMILES string of the molecule is CC[C@H]1Cc2ccccc2C(=O)[C@@H]1CC. The molecule has 0 bridgehead atoms. The molecule has 0 amide bonds. The van der Waals surface area contributed by atoms with E-state index in [1.807, 2.05) is 18.2 Å². The molecule has 0 aliphatic heterocycles. The van der Waals surface area contributed by atoms with Crippen LogP contribution in [0.5, 0.6) is 0 Å². The van der Waals surface area contributed by atoms with E-state index in [0.29, 0.717) is 11.7 Å². The summed E-state index contributed by atoms with van der Waals surface area (Å²) in [4.78, 5) is 12.2. The van der Waals surface area contributed by atoms with Gasteiger partial charge in [0.25, 0.3) is 0 Å². The molecule has 2 atom stereocenters. The lowest BCUT2D eigenvalue weighted by Crippen LogP contribution is -2.30. The Balaban J connectivity index is 2.40. The van der Waals surface area contributed by atoms with E-state index >= 15 is 0 Å². The van der Waals surface area contributed by atoms with Gasteiger partial charge in [0, 0.05) is 11.5 Å². The Bertz CT molecular complexity index is 367. The van der Waals surface area contributed by atoms with Gasteiger partial charge in [-0.2, -0.15) is 0 Å². The molecule has 0 saturated carbocycles. The molecule has 1 heteroatoms. The lowest BCUT2D eigenvalue weighted by molar-refractivity contribution is 0.0843. The van der Waals surface area contributed by atoms with Crippen molar-refractivity contribution in [1.29, 1.82) is 0 Å². The smallest absolute Gasteiger partial charge is 0.166 e. The molecule has 0 fully saturated rings. The highest BCUT2D eigenvalue weighted by molar-refractivity contribution is 6.00. The van der Waals surface area contributed by atoms with E-state index in [2.05, 4.69) is 19.9 Å². The molecule has 1 aromatic rings. The second-order valence-electron chi connectivity index (χ2n) is 4.41. The van der Waals surface area contributed by atoms with Crippen molar-refractivity contribution in [3.05, 3.63) is 35.4 Å². The summed E-state index contributed by atoms with van der Waals surface area (Å²) in [7, 11) is 0. The van der Waals surface area contributed by atoms with Crippen LogP contribution >= 0.6 is 0 Å². The third-order valence-electron chi connectivity index (χ3n) is 3.63. The molecule has 15 heavy (non-hydrogen) atoms. The lowest BCUT2D eigenvalue weighted by atomic mass is 9.73. The summed E-state index contributed by atoms with van der Waals surface area (Å²) in [5, 5.41) is 0. The van der Waals surface area contributed by atoms with Gasteiger partial charge in [0.1, 0.15) is 0 Å². The van der Waals surface area contributed by atoms with E-state index in [9.17, 15) is 4.79 Å². The lowest BCUT2D eigenvalue weighted by Gasteiger charge is -2.30. The topological polar surface area (TPSA) is 17.1 Å². The number of hydrogen-bond donors (Lipinski definition) is 0. The van der Waals surface area contributed by atoms with E-state index in [4.69, 9.17) is 0 Å². The van der Waals surface area contributed by atoms with Crippen molar-refractivity contribution < 1.29 is 4.79 Å². The highest BCUT2D eigenvalue weighted by Gasteiger charge is 2.32. The Morgan fingerprint density at radius 1 is 1.20 bits per heavy atom. The fourth-order valence-electron chi connectivity index (χ4n) is 2.72. The van der Waals surface area contributed by atoms with Gasteiger partial charge in [-0.3, -0.25) is 4.79 Å². The Morgan fingerprint density at radius 3 is 2.60 bits per heavy atom. The minimum Gasteiger partial charge on any atom is -0.294 e. The van der Waals surface area contributed by atoms with E-state index in [1.54, 1.807) is 0 Å². The van der Waals surface area contributed by atoms with E-state index in [1.165, 1.54) is 5.56 Å². The highest BCUT2D eigenvalue weighted by Crippen LogP contribution is 2.33. The van der Waals surface area contributed by atoms with Gasteiger partial charge < -0.3 is 0 Å². The number of carbonyl (C=O) groups excluding carboxylic acids is 1. The molecule has 0 heterocycles. The first-order chi connectivity index (χ1) is 7.27. The first-order valence-electron chi connectivity index (χ1n) is 5.90. The Hall–Kier alpha value is -1.11. The summed E-state index contributed by atoms with van der Waals surface area (Å²) < 4.78 is 0. The number of hydrogen-bond acceptors (Lipinski definition) is 1. The van der Waals surface area contributed by atoms with Gasteiger partial charge >= 0.3 is 0 Å². The average Bonchev–Trinajstić information content (AvgIpc) is 2.29. The van der Waals surface area contributed by atoms with E-state index < -0.39 is 0 Å². The van der Waals surface area contributed by atoms with Crippen LogP contribution in [0.25, 0.3) is 0 Å². The molecule has 1 aromatic carbocycles. The summed E-state index contributed by atoms with van der Waals surface area (Å²) in [5.74, 6) is 1.17. The molecule has 0 radical (unpaired) electrons. The van der Waals surface area contributed by atoms with Crippen LogP contribution in [0, 0.1) is 11.8 Å². The van der Waals surface area contributed by atoms with Crippen molar-refractivity contribution in [2.24, 2.45) is 11.8 Å². The summed E-state index contributed by atoms with van der Waals surface area (Å²) in [5.41, 5.74) is 2.22. The van der Waals surface area contributed by atoms with Gasteiger partial charge in [0.05, 0.1) is 0 Å². The largest absolute Gasteiger partial charge is 0.294 e. The van der Waals surface area contributed by atoms with Crippen LogP contribution in [0.1, 0.15) is 42.6 Å². The molecule has 0 aromatic heterocycles. The van der Waals surface area contributed by atoms with Crippen LogP contribution in [0.3, 0.4) is 0 Å². The zero-order chi connectivity index (χ0) is 10.8. The second kappa shape index (κ2) is 4.18. The van der Waals surface area contributed by atoms with Crippen LogP contribution in [0.15, 0.2) is 24.3 Å². The van der Waals surface area contributed by atoms with Crippen LogP contribution in [-0.2, 0) is 6.42 Å². The fourth-order valence-corrected chi connectivity index (χ4v) is 2.72. The van der Waals surface area contributed by atoms with Crippen LogP contribution in [0.2, 0.25) is 0 Å². The molecule has 0 N–H and O–H groups in total. The molecule has 1 aliphatic rings. The molecule has 0 saturated heterocycles. The van der Waals surface area contributed by atoms with Crippen molar-refractivity contribution in [2.45, 2.75) is 33.1 Å². The maximum absolute atomic E-state index is 12.2. The number of rotatable bonds is 2. The highest BCUT2D eigenvalue weighted by atomic mass is 16.1. The van der Waals surface area contributed by atoms with Crippen molar-refractivity contribution in [3.8, 4) is 0 Å². The maximum Gasteiger partial charge on any atom is 0.166 e. The standard InChI is InChI=1S/C14H18O/c1-3-10-9-11-7-5-6-8-13(11)14(15)12(10)4-2/h5-8,10,12H,3-4,9H2,1-2H3/t10-,12+/m0/s1. The maximum atomic E-state index is 12.2. The van der Waals surface area contributed by atoms with Gasteiger partial charge in [-0.25, -0.2) is 0 Å². The normalized spacial score (nSPS) is 25.1. The molecule has 0 spiro atoms. The zero-order valence-corrected chi connectivity index (χ0v) is 9.49. The first-order valence-corrected chi connectivity index (χ1v) is 5.90. The average molecular weight is 202 g/mol. The van der Waals surface area contributed by atoms with Gasteiger partial charge in [-0.15, -0.1) is 0 Å². The summed E-state index contributed by atoms with van der Waals surface area (Å²) >= 11 is 0. The fraction of sp³-hybridized carbons (Fsp3) is 0.500. The van der Waals surface area contributed by atoms with Crippen molar-refractivity contribution in [1.82, 2.24) is 0 Å². The molecule has 2 rings (SSSR count). The third-order valence-corrected chi connectivity index (χ3v) is 3.63. The van der Waals surface area contributed by atoms with Crippen molar-refractivity contribution >= 4 is 5.78 Å². The molecule has 1 nitrogen and oxygen atoms in total. The number of ketones is 1. The van der Waals surface area contributed by atoms with E-state index in [-0.39, 0.29) is 5.92 Å². The summed E-state index contributed by atoms with van der Waals surface area (Å²) in [6.07, 6.45) is 3.17. The van der Waals surface area contributed by atoms with Crippen LogP contribution in [0.4, 0.5) is 0 Å². The first kappa shape index (κ1) is 10.4. The van der Waals surface area contributed by atoms with Gasteiger partial charge in [0.2, 0.25) is 0 Å². The molecular weight excluding hydrogens is 184 g/mol. The number of carbonyl (C=O) groups is 1.